The van der Waals surface area contributed by atoms with Gasteiger partial charge in [-0.2, -0.15) is 4.31 Å². The topological polar surface area (TPSA) is 75.7 Å². The Morgan fingerprint density at radius 3 is 2.69 bits per heavy atom. The van der Waals surface area contributed by atoms with Crippen LogP contribution in [0.15, 0.2) is 47.4 Å². The standard InChI is InChI=1S/C22H26N2O4S/c1-16-9-10-18(15-21(16)29(26,27)24-11-13-28-14-12-24)22(25)23-20-8-4-6-17-5-2-3-7-19(17)20/h2-3,5,7,9-10,15,20H,4,6,8,11-14H2,1H3,(H,23,25)/t20-/m0/s1. The molecular formula is C22H26N2O4S. The number of sulfonamides is 1. The summed E-state index contributed by atoms with van der Waals surface area (Å²) in [7, 11) is -3.66. The van der Waals surface area contributed by atoms with Crippen molar-refractivity contribution < 1.29 is 17.9 Å². The van der Waals surface area contributed by atoms with E-state index in [9.17, 15) is 13.2 Å². The Balaban J connectivity index is 1.58. The Morgan fingerprint density at radius 2 is 1.90 bits per heavy atom. The van der Waals surface area contributed by atoms with Gasteiger partial charge < -0.3 is 10.1 Å². The van der Waals surface area contributed by atoms with Crippen LogP contribution in [0.2, 0.25) is 0 Å². The van der Waals surface area contributed by atoms with Crippen molar-refractivity contribution in [2.45, 2.75) is 37.1 Å². The van der Waals surface area contributed by atoms with Gasteiger partial charge in [0, 0.05) is 18.7 Å². The number of carbonyl (C=O) groups is 1. The fourth-order valence-corrected chi connectivity index (χ4v) is 5.75. The van der Waals surface area contributed by atoms with Crippen LogP contribution in [-0.2, 0) is 21.2 Å². The van der Waals surface area contributed by atoms with E-state index in [0.29, 0.717) is 37.4 Å². The molecule has 4 rings (SSSR count). The summed E-state index contributed by atoms with van der Waals surface area (Å²) in [6, 6.07) is 13.0. The summed E-state index contributed by atoms with van der Waals surface area (Å²) >= 11 is 0. The number of nitrogens with one attached hydrogen (secondary N) is 1. The third kappa shape index (κ3) is 4.08. The van der Waals surface area contributed by atoms with Crippen LogP contribution >= 0.6 is 0 Å². The van der Waals surface area contributed by atoms with Crippen molar-refractivity contribution in [3.8, 4) is 0 Å². The van der Waals surface area contributed by atoms with E-state index in [-0.39, 0.29) is 16.8 Å². The van der Waals surface area contributed by atoms with Crippen molar-refractivity contribution in [3.63, 3.8) is 0 Å². The van der Waals surface area contributed by atoms with E-state index < -0.39 is 10.0 Å². The molecule has 2 aliphatic rings. The van der Waals surface area contributed by atoms with Gasteiger partial charge in [-0.05, 0) is 55.0 Å². The molecule has 154 valence electrons. The average molecular weight is 415 g/mol. The fourth-order valence-electron chi connectivity index (χ4n) is 4.09. The number of rotatable bonds is 4. The first-order chi connectivity index (χ1) is 14.0. The van der Waals surface area contributed by atoms with Gasteiger partial charge in [-0.3, -0.25) is 4.79 Å². The molecule has 0 radical (unpaired) electrons. The average Bonchev–Trinajstić information content (AvgIpc) is 2.75. The van der Waals surface area contributed by atoms with Gasteiger partial charge >= 0.3 is 0 Å². The zero-order valence-electron chi connectivity index (χ0n) is 16.6. The smallest absolute Gasteiger partial charge is 0.251 e. The SMILES string of the molecule is Cc1ccc(C(=O)N[C@H]2CCCc3ccccc32)cc1S(=O)(=O)N1CCOCC1. The first kappa shape index (κ1) is 20.1. The molecule has 0 unspecified atom stereocenters. The van der Waals surface area contributed by atoms with E-state index in [0.717, 1.165) is 24.8 Å². The van der Waals surface area contributed by atoms with Crippen molar-refractivity contribution in [3.05, 3.63) is 64.7 Å². The van der Waals surface area contributed by atoms with E-state index in [1.54, 1.807) is 19.1 Å². The predicted octanol–water partition coefficient (Wildman–Crippen LogP) is 2.82. The van der Waals surface area contributed by atoms with E-state index >= 15 is 0 Å². The summed E-state index contributed by atoms with van der Waals surface area (Å²) in [6.07, 6.45) is 2.93. The van der Waals surface area contributed by atoms with Crippen LogP contribution in [0, 0.1) is 6.92 Å². The van der Waals surface area contributed by atoms with Gasteiger partial charge in [-0.15, -0.1) is 0 Å². The summed E-state index contributed by atoms with van der Waals surface area (Å²) in [5.74, 6) is -0.245. The van der Waals surface area contributed by atoms with Crippen LogP contribution in [0.5, 0.6) is 0 Å². The molecule has 0 bridgehead atoms. The predicted molar refractivity (Wildman–Crippen MR) is 110 cm³/mol. The number of nitrogens with zero attached hydrogens (tertiary/aromatic N) is 1. The number of fused-ring (bicyclic) bond motifs is 1. The highest BCUT2D eigenvalue weighted by atomic mass is 32.2. The maximum absolute atomic E-state index is 13.1. The first-order valence-electron chi connectivity index (χ1n) is 10.0. The van der Waals surface area contributed by atoms with E-state index in [1.807, 2.05) is 12.1 Å². The summed E-state index contributed by atoms with van der Waals surface area (Å²) in [6.45, 7) is 3.19. The van der Waals surface area contributed by atoms with Crippen LogP contribution in [-0.4, -0.2) is 44.9 Å². The monoisotopic (exact) mass is 414 g/mol. The zero-order valence-corrected chi connectivity index (χ0v) is 17.4. The largest absolute Gasteiger partial charge is 0.379 e. The molecule has 0 saturated carbocycles. The highest BCUT2D eigenvalue weighted by Crippen LogP contribution is 2.30. The fraction of sp³-hybridized carbons (Fsp3) is 0.409. The summed E-state index contributed by atoms with van der Waals surface area (Å²) in [5, 5.41) is 3.10. The van der Waals surface area contributed by atoms with Crippen molar-refractivity contribution in [2.24, 2.45) is 0 Å². The molecule has 1 N–H and O–H groups in total. The molecule has 29 heavy (non-hydrogen) atoms. The second-order valence-corrected chi connectivity index (χ2v) is 9.52. The Labute approximate surface area is 171 Å². The molecule has 0 spiro atoms. The number of morpholine rings is 1. The number of hydrogen-bond donors (Lipinski definition) is 1. The second-order valence-electron chi connectivity index (χ2n) is 7.61. The Kier molecular flexibility index (Phi) is 5.72. The van der Waals surface area contributed by atoms with Crippen molar-refractivity contribution in [1.82, 2.24) is 9.62 Å². The summed E-state index contributed by atoms with van der Waals surface area (Å²) < 4.78 is 32.8. The second kappa shape index (κ2) is 8.26. The van der Waals surface area contributed by atoms with Crippen LogP contribution < -0.4 is 5.32 Å². The maximum Gasteiger partial charge on any atom is 0.251 e. The van der Waals surface area contributed by atoms with Gasteiger partial charge in [-0.25, -0.2) is 8.42 Å². The molecule has 2 aromatic carbocycles. The number of hydrogen-bond acceptors (Lipinski definition) is 4. The van der Waals surface area contributed by atoms with E-state index in [1.165, 1.54) is 15.9 Å². The first-order valence-corrected chi connectivity index (χ1v) is 11.5. The molecule has 1 amide bonds. The highest BCUT2D eigenvalue weighted by molar-refractivity contribution is 7.89. The zero-order chi connectivity index (χ0) is 20.4. The minimum Gasteiger partial charge on any atom is -0.379 e. The van der Waals surface area contributed by atoms with Gasteiger partial charge in [0.05, 0.1) is 24.2 Å². The lowest BCUT2D eigenvalue weighted by molar-refractivity contribution is 0.0730. The Hall–Kier alpha value is -2.22. The Morgan fingerprint density at radius 1 is 1.14 bits per heavy atom. The number of amides is 1. The molecule has 2 aromatic rings. The summed E-state index contributed by atoms with van der Waals surface area (Å²) in [4.78, 5) is 13.1. The minimum atomic E-state index is -3.66. The molecule has 7 heteroatoms. The van der Waals surface area contributed by atoms with Crippen molar-refractivity contribution in [2.75, 3.05) is 26.3 Å². The van der Waals surface area contributed by atoms with Gasteiger partial charge in [0.1, 0.15) is 0 Å². The minimum absolute atomic E-state index is 0.0481. The molecule has 0 aromatic heterocycles. The molecule has 1 saturated heterocycles. The summed E-state index contributed by atoms with van der Waals surface area (Å²) in [5.41, 5.74) is 3.42. The lowest BCUT2D eigenvalue weighted by Crippen LogP contribution is -2.41. The van der Waals surface area contributed by atoms with Crippen LogP contribution in [0.3, 0.4) is 0 Å². The molecule has 1 aliphatic carbocycles. The lowest BCUT2D eigenvalue weighted by atomic mass is 9.87. The molecule has 1 fully saturated rings. The van der Waals surface area contributed by atoms with E-state index in [4.69, 9.17) is 4.74 Å². The van der Waals surface area contributed by atoms with E-state index in [2.05, 4.69) is 17.4 Å². The van der Waals surface area contributed by atoms with Gasteiger partial charge in [0.2, 0.25) is 10.0 Å². The molecule has 1 heterocycles. The Bertz CT molecular complexity index is 1010. The molecule has 1 aliphatic heterocycles. The number of ether oxygens (including phenoxy) is 1. The maximum atomic E-state index is 13.1. The third-order valence-electron chi connectivity index (χ3n) is 5.71. The number of aryl methyl sites for hydroxylation is 2. The normalized spacial score (nSPS) is 20.1. The van der Waals surface area contributed by atoms with Gasteiger partial charge in [0.25, 0.3) is 5.91 Å². The molecular weight excluding hydrogens is 388 g/mol. The van der Waals surface area contributed by atoms with Crippen molar-refractivity contribution in [1.29, 1.82) is 0 Å². The van der Waals surface area contributed by atoms with Crippen molar-refractivity contribution >= 4 is 15.9 Å². The third-order valence-corrected chi connectivity index (χ3v) is 7.75. The highest BCUT2D eigenvalue weighted by Gasteiger charge is 2.29. The lowest BCUT2D eigenvalue weighted by Gasteiger charge is -2.27. The quantitative estimate of drug-likeness (QED) is 0.835. The number of benzene rings is 2. The van der Waals surface area contributed by atoms with Crippen LogP contribution in [0.25, 0.3) is 0 Å². The van der Waals surface area contributed by atoms with Gasteiger partial charge in [-0.1, -0.05) is 30.3 Å². The molecule has 1 atom stereocenters. The van der Waals surface area contributed by atoms with Gasteiger partial charge in [0.15, 0.2) is 0 Å². The number of carbonyl (C=O) groups excluding carboxylic acids is 1. The van der Waals surface area contributed by atoms with Crippen LogP contribution in [0.4, 0.5) is 0 Å². The molecule has 6 nitrogen and oxygen atoms in total. The van der Waals surface area contributed by atoms with Crippen LogP contribution in [0.1, 0.15) is 45.9 Å².